The molecule has 36 heavy (non-hydrogen) atoms. The molecule has 4 heterocycles. The topological polar surface area (TPSA) is 99.2 Å². The minimum absolute atomic E-state index is 0.258. The van der Waals surface area contributed by atoms with Crippen molar-refractivity contribution in [1.82, 2.24) is 24.4 Å². The van der Waals surface area contributed by atoms with Crippen molar-refractivity contribution < 1.29 is 9.53 Å². The van der Waals surface area contributed by atoms with Gasteiger partial charge in [-0.3, -0.25) is 4.57 Å². The second kappa shape index (κ2) is 8.93. The van der Waals surface area contributed by atoms with E-state index >= 15 is 0 Å². The molecule has 1 aromatic carbocycles. The van der Waals surface area contributed by atoms with E-state index in [1.165, 1.54) is 5.56 Å². The van der Waals surface area contributed by atoms with Gasteiger partial charge in [0.25, 0.3) is 0 Å². The van der Waals surface area contributed by atoms with Gasteiger partial charge in [-0.15, -0.1) is 0 Å². The van der Waals surface area contributed by atoms with Crippen LogP contribution in [-0.4, -0.2) is 49.2 Å². The van der Waals surface area contributed by atoms with E-state index in [1.54, 1.807) is 11.1 Å². The van der Waals surface area contributed by atoms with Gasteiger partial charge in [-0.05, 0) is 68.7 Å². The fraction of sp³-hybridized carbons (Fsp3) is 0.357. The zero-order valence-electron chi connectivity index (χ0n) is 21.4. The van der Waals surface area contributed by atoms with E-state index in [0.717, 1.165) is 28.1 Å². The van der Waals surface area contributed by atoms with Crippen molar-refractivity contribution in [3.05, 3.63) is 66.0 Å². The molecule has 0 unspecified atom stereocenters. The number of carbonyl (C=O) groups excluding carboxylic acids is 1. The Morgan fingerprint density at radius 3 is 2.42 bits per heavy atom. The molecule has 5 rings (SSSR count). The van der Waals surface area contributed by atoms with Crippen molar-refractivity contribution >= 4 is 23.1 Å². The largest absolute Gasteiger partial charge is 0.444 e. The van der Waals surface area contributed by atoms with Crippen LogP contribution in [-0.2, 0) is 4.74 Å². The second-order valence-electron chi connectivity index (χ2n) is 10.6. The van der Waals surface area contributed by atoms with Gasteiger partial charge in [0.15, 0.2) is 11.5 Å². The number of aromatic nitrogens is 4. The Hall–Kier alpha value is -3.94. The fourth-order valence-electron chi connectivity index (χ4n) is 4.39. The zero-order chi connectivity index (χ0) is 25.6. The molecule has 0 bridgehead atoms. The first-order chi connectivity index (χ1) is 17.1. The van der Waals surface area contributed by atoms with E-state index in [1.807, 2.05) is 49.6 Å². The lowest BCUT2D eigenvalue weighted by molar-refractivity contribution is 0.00819. The van der Waals surface area contributed by atoms with Crippen molar-refractivity contribution in [2.45, 2.75) is 52.1 Å². The van der Waals surface area contributed by atoms with Crippen LogP contribution in [0.5, 0.6) is 0 Å². The van der Waals surface area contributed by atoms with Crippen LogP contribution in [0.25, 0.3) is 28.2 Å². The molecule has 8 nitrogen and oxygen atoms in total. The molecule has 8 heteroatoms. The molecular formula is C28H32N6O2. The van der Waals surface area contributed by atoms with Gasteiger partial charge < -0.3 is 15.4 Å². The zero-order valence-corrected chi connectivity index (χ0v) is 21.4. The first kappa shape index (κ1) is 23.8. The lowest BCUT2D eigenvalue weighted by Crippen LogP contribution is -2.50. The summed E-state index contributed by atoms with van der Waals surface area (Å²) in [4.78, 5) is 28.1. The maximum absolute atomic E-state index is 12.3. The van der Waals surface area contributed by atoms with Crippen LogP contribution in [0.15, 0.2) is 54.7 Å². The summed E-state index contributed by atoms with van der Waals surface area (Å²) in [5.74, 6) is 1.70. The Labute approximate surface area is 211 Å². The molecule has 1 saturated heterocycles. The number of anilines is 1. The predicted molar refractivity (Wildman–Crippen MR) is 141 cm³/mol. The van der Waals surface area contributed by atoms with Gasteiger partial charge >= 0.3 is 6.09 Å². The number of benzene rings is 1. The van der Waals surface area contributed by atoms with E-state index < -0.39 is 5.60 Å². The van der Waals surface area contributed by atoms with E-state index in [0.29, 0.717) is 30.6 Å². The molecule has 1 amide bonds. The monoisotopic (exact) mass is 484 g/mol. The van der Waals surface area contributed by atoms with Crippen LogP contribution < -0.4 is 5.73 Å². The molecule has 0 aliphatic carbocycles. The lowest BCUT2D eigenvalue weighted by atomic mass is 9.92. The molecule has 2 N–H and O–H groups in total. The number of hydrogen-bond donors (Lipinski definition) is 1. The molecule has 0 radical (unpaired) electrons. The Balaban J connectivity index is 1.48. The van der Waals surface area contributed by atoms with E-state index in [2.05, 4.69) is 43.1 Å². The van der Waals surface area contributed by atoms with Crippen LogP contribution >= 0.6 is 0 Å². The highest BCUT2D eigenvalue weighted by molar-refractivity contribution is 5.83. The number of likely N-dealkylation sites (tertiary alicyclic amines) is 1. The summed E-state index contributed by atoms with van der Waals surface area (Å²) >= 11 is 0. The van der Waals surface area contributed by atoms with Crippen LogP contribution in [0, 0.1) is 0 Å². The van der Waals surface area contributed by atoms with Gasteiger partial charge in [-0.25, -0.2) is 19.7 Å². The van der Waals surface area contributed by atoms with Gasteiger partial charge in [0.1, 0.15) is 16.9 Å². The van der Waals surface area contributed by atoms with Crippen molar-refractivity contribution in [2.75, 3.05) is 18.8 Å². The van der Waals surface area contributed by atoms with E-state index in [-0.39, 0.29) is 12.0 Å². The summed E-state index contributed by atoms with van der Waals surface area (Å²) in [5.41, 5.74) is 11.2. The standard InChI is InChI=1S/C28H32N6O2/c1-17(2)22-12-13-23-26(31-22)34(25(32-23)21-7-6-14-30-24(21)29)20-10-8-18(9-11-20)19-15-33(16-19)27(35)36-28(3,4)5/h6-14,17,19H,15-16H2,1-5H3,(H2,29,30). The van der Waals surface area contributed by atoms with Gasteiger partial charge in [0, 0.05) is 36.6 Å². The van der Waals surface area contributed by atoms with Crippen molar-refractivity contribution in [2.24, 2.45) is 0 Å². The Morgan fingerprint density at radius 2 is 1.78 bits per heavy atom. The quantitative estimate of drug-likeness (QED) is 0.409. The summed E-state index contributed by atoms with van der Waals surface area (Å²) in [6, 6.07) is 16.2. The van der Waals surface area contributed by atoms with E-state index in [4.69, 9.17) is 20.4 Å². The Bertz CT molecular complexity index is 1410. The Morgan fingerprint density at radius 1 is 1.06 bits per heavy atom. The molecule has 1 aliphatic rings. The molecule has 4 aromatic rings. The van der Waals surface area contributed by atoms with Crippen LogP contribution in [0.1, 0.15) is 57.7 Å². The normalized spacial score (nSPS) is 14.3. The lowest BCUT2D eigenvalue weighted by Gasteiger charge is -2.40. The summed E-state index contributed by atoms with van der Waals surface area (Å²) in [5, 5.41) is 0. The predicted octanol–water partition coefficient (Wildman–Crippen LogP) is 5.52. The average molecular weight is 485 g/mol. The second-order valence-corrected chi connectivity index (χ2v) is 10.6. The highest BCUT2D eigenvalue weighted by Crippen LogP contribution is 2.33. The third kappa shape index (κ3) is 4.51. The molecule has 3 aromatic heterocycles. The Kier molecular flexibility index (Phi) is 5.90. The van der Waals surface area contributed by atoms with Crippen molar-refractivity contribution in [1.29, 1.82) is 0 Å². The number of rotatable bonds is 4. The number of nitrogen functional groups attached to an aromatic ring is 1. The minimum atomic E-state index is -0.490. The summed E-state index contributed by atoms with van der Waals surface area (Å²) in [7, 11) is 0. The SMILES string of the molecule is CC(C)c1ccc2nc(-c3cccnc3N)n(-c3ccc(C4CN(C(=O)OC(C)(C)C)C4)cc3)c2n1. The fourth-order valence-corrected chi connectivity index (χ4v) is 4.39. The van der Waals surface area contributed by atoms with Crippen molar-refractivity contribution in [3.8, 4) is 17.1 Å². The first-order valence-electron chi connectivity index (χ1n) is 12.3. The maximum atomic E-state index is 12.3. The first-order valence-corrected chi connectivity index (χ1v) is 12.3. The molecule has 0 spiro atoms. The number of carbonyl (C=O) groups is 1. The molecule has 1 fully saturated rings. The molecular weight excluding hydrogens is 452 g/mol. The smallest absolute Gasteiger partial charge is 0.410 e. The van der Waals surface area contributed by atoms with Crippen LogP contribution in [0.4, 0.5) is 10.6 Å². The molecule has 1 aliphatic heterocycles. The third-order valence-electron chi connectivity index (χ3n) is 6.35. The minimum Gasteiger partial charge on any atom is -0.444 e. The van der Waals surface area contributed by atoms with Crippen LogP contribution in [0.2, 0.25) is 0 Å². The van der Waals surface area contributed by atoms with Gasteiger partial charge in [-0.1, -0.05) is 26.0 Å². The highest BCUT2D eigenvalue weighted by atomic mass is 16.6. The highest BCUT2D eigenvalue weighted by Gasteiger charge is 2.34. The maximum Gasteiger partial charge on any atom is 0.410 e. The number of nitrogens with zero attached hydrogens (tertiary/aromatic N) is 5. The number of fused-ring (bicyclic) bond motifs is 1. The van der Waals surface area contributed by atoms with Gasteiger partial charge in [-0.2, -0.15) is 0 Å². The molecule has 0 atom stereocenters. The summed E-state index contributed by atoms with van der Waals surface area (Å²) in [6.07, 6.45) is 1.42. The van der Waals surface area contributed by atoms with E-state index in [9.17, 15) is 4.79 Å². The van der Waals surface area contributed by atoms with Gasteiger partial charge in [0.05, 0.1) is 5.56 Å². The average Bonchev–Trinajstić information content (AvgIpc) is 3.16. The number of pyridine rings is 2. The van der Waals surface area contributed by atoms with Crippen molar-refractivity contribution in [3.63, 3.8) is 0 Å². The number of nitrogens with two attached hydrogens (primary N) is 1. The molecule has 0 saturated carbocycles. The van der Waals surface area contributed by atoms with Crippen LogP contribution in [0.3, 0.4) is 0 Å². The number of imidazole rings is 1. The summed E-state index contributed by atoms with van der Waals surface area (Å²) in [6.45, 7) is 11.2. The molecule has 186 valence electrons. The third-order valence-corrected chi connectivity index (χ3v) is 6.35. The summed E-state index contributed by atoms with van der Waals surface area (Å²) < 4.78 is 7.53. The number of hydrogen-bond acceptors (Lipinski definition) is 6. The number of amides is 1. The van der Waals surface area contributed by atoms with Gasteiger partial charge in [0.2, 0.25) is 0 Å². The number of ether oxygens (including phenoxy) is 1.